The molecule has 140 valence electrons. The molecule has 0 aliphatic carbocycles. The van der Waals surface area contributed by atoms with Crippen molar-refractivity contribution in [3.05, 3.63) is 59.1 Å². The standard InChI is InChI=1S/C19H23ClN2O3S/c1-13(2)19(14-7-9-15(20)10-8-14)21-12-18(23)22-16-5-4-6-17(11-16)26(3,24)25/h4-11,13,19,21H,12H2,1-3H3,(H,22,23)/t19-/m0/s1. The molecular weight excluding hydrogens is 372 g/mol. The lowest BCUT2D eigenvalue weighted by Crippen LogP contribution is -2.33. The molecule has 0 saturated carbocycles. The Bertz CT molecular complexity index is 865. The molecule has 0 saturated heterocycles. The highest BCUT2D eigenvalue weighted by Crippen LogP contribution is 2.23. The van der Waals surface area contributed by atoms with E-state index < -0.39 is 9.84 Å². The molecule has 0 fully saturated rings. The maximum atomic E-state index is 12.2. The average molecular weight is 395 g/mol. The maximum absolute atomic E-state index is 12.2. The number of anilines is 1. The van der Waals surface area contributed by atoms with Crippen LogP contribution in [0.2, 0.25) is 5.02 Å². The van der Waals surface area contributed by atoms with Crippen molar-refractivity contribution in [2.24, 2.45) is 5.92 Å². The highest BCUT2D eigenvalue weighted by molar-refractivity contribution is 7.90. The zero-order chi connectivity index (χ0) is 19.3. The fourth-order valence-electron chi connectivity index (χ4n) is 2.62. The minimum Gasteiger partial charge on any atom is -0.325 e. The summed E-state index contributed by atoms with van der Waals surface area (Å²) in [6.07, 6.45) is 1.13. The van der Waals surface area contributed by atoms with Crippen LogP contribution >= 0.6 is 11.6 Å². The van der Waals surface area contributed by atoms with Crippen LogP contribution in [0.4, 0.5) is 5.69 Å². The molecule has 2 rings (SSSR count). The number of sulfone groups is 1. The summed E-state index contributed by atoms with van der Waals surface area (Å²) in [4.78, 5) is 12.4. The van der Waals surface area contributed by atoms with Crippen LogP contribution < -0.4 is 10.6 Å². The minimum absolute atomic E-state index is 0.000343. The van der Waals surface area contributed by atoms with Gasteiger partial charge in [-0.15, -0.1) is 0 Å². The summed E-state index contributed by atoms with van der Waals surface area (Å²) in [7, 11) is -3.32. The van der Waals surface area contributed by atoms with Crippen LogP contribution in [0.1, 0.15) is 25.5 Å². The Labute approximate surface area is 159 Å². The van der Waals surface area contributed by atoms with Gasteiger partial charge in [-0.3, -0.25) is 4.79 Å². The molecule has 2 aromatic carbocycles. The summed E-state index contributed by atoms with van der Waals surface area (Å²) in [5.41, 5.74) is 1.50. The van der Waals surface area contributed by atoms with Gasteiger partial charge in [0, 0.05) is 23.0 Å². The monoisotopic (exact) mass is 394 g/mol. The van der Waals surface area contributed by atoms with Gasteiger partial charge in [0.2, 0.25) is 5.91 Å². The van der Waals surface area contributed by atoms with Gasteiger partial charge in [-0.2, -0.15) is 0 Å². The van der Waals surface area contributed by atoms with Crippen LogP contribution in [0.5, 0.6) is 0 Å². The van der Waals surface area contributed by atoms with Crippen molar-refractivity contribution in [3.63, 3.8) is 0 Å². The number of amides is 1. The Morgan fingerprint density at radius 1 is 1.12 bits per heavy atom. The summed E-state index contributed by atoms with van der Waals surface area (Å²) in [5.74, 6) is 0.0350. The van der Waals surface area contributed by atoms with E-state index in [1.165, 1.54) is 12.1 Å². The van der Waals surface area contributed by atoms with Gasteiger partial charge >= 0.3 is 0 Å². The third-order valence-electron chi connectivity index (χ3n) is 3.92. The van der Waals surface area contributed by atoms with Crippen molar-refractivity contribution in [1.29, 1.82) is 0 Å². The first kappa shape index (κ1) is 20.4. The van der Waals surface area contributed by atoms with Gasteiger partial charge in [-0.25, -0.2) is 8.42 Å². The largest absolute Gasteiger partial charge is 0.325 e. The first-order valence-electron chi connectivity index (χ1n) is 8.25. The summed E-state index contributed by atoms with van der Waals surface area (Å²) in [5, 5.41) is 6.64. The number of halogens is 1. The smallest absolute Gasteiger partial charge is 0.238 e. The van der Waals surface area contributed by atoms with Crippen molar-refractivity contribution in [2.45, 2.75) is 24.8 Å². The van der Waals surface area contributed by atoms with Crippen molar-refractivity contribution in [3.8, 4) is 0 Å². The Morgan fingerprint density at radius 3 is 2.35 bits per heavy atom. The Hall–Kier alpha value is -1.89. The Morgan fingerprint density at radius 2 is 1.77 bits per heavy atom. The van der Waals surface area contributed by atoms with Gasteiger partial charge in [0.1, 0.15) is 0 Å². The van der Waals surface area contributed by atoms with E-state index in [0.717, 1.165) is 11.8 Å². The topological polar surface area (TPSA) is 75.3 Å². The number of rotatable bonds is 7. The van der Waals surface area contributed by atoms with Crippen LogP contribution in [0.25, 0.3) is 0 Å². The second kappa shape index (κ2) is 8.66. The molecule has 0 aromatic heterocycles. The number of nitrogens with one attached hydrogen (secondary N) is 2. The molecule has 26 heavy (non-hydrogen) atoms. The van der Waals surface area contributed by atoms with E-state index >= 15 is 0 Å². The van der Waals surface area contributed by atoms with Crippen LogP contribution in [0.3, 0.4) is 0 Å². The number of hydrogen-bond acceptors (Lipinski definition) is 4. The zero-order valence-corrected chi connectivity index (χ0v) is 16.6. The first-order valence-corrected chi connectivity index (χ1v) is 10.5. The van der Waals surface area contributed by atoms with E-state index in [9.17, 15) is 13.2 Å². The van der Waals surface area contributed by atoms with Crippen LogP contribution in [0.15, 0.2) is 53.4 Å². The molecule has 1 atom stereocenters. The summed E-state index contributed by atoms with van der Waals surface area (Å²) >= 11 is 5.93. The molecule has 2 N–H and O–H groups in total. The van der Waals surface area contributed by atoms with Gasteiger partial charge in [0.25, 0.3) is 0 Å². The molecule has 0 heterocycles. The van der Waals surface area contributed by atoms with E-state index in [4.69, 9.17) is 11.6 Å². The molecule has 0 bridgehead atoms. The predicted molar refractivity (Wildman–Crippen MR) is 105 cm³/mol. The van der Waals surface area contributed by atoms with Crippen molar-refractivity contribution in [1.82, 2.24) is 5.32 Å². The lowest BCUT2D eigenvalue weighted by atomic mass is 9.96. The van der Waals surface area contributed by atoms with E-state index in [0.29, 0.717) is 10.7 Å². The molecule has 0 unspecified atom stereocenters. The Balaban J connectivity index is 2.02. The van der Waals surface area contributed by atoms with Gasteiger partial charge in [0.15, 0.2) is 9.84 Å². The summed E-state index contributed by atoms with van der Waals surface area (Å²) in [6, 6.07) is 13.7. The normalized spacial score (nSPS) is 12.8. The van der Waals surface area contributed by atoms with Gasteiger partial charge in [0.05, 0.1) is 11.4 Å². The molecular formula is C19H23ClN2O3S. The third-order valence-corrected chi connectivity index (χ3v) is 5.29. The quantitative estimate of drug-likeness (QED) is 0.751. The molecule has 7 heteroatoms. The first-order chi connectivity index (χ1) is 12.2. The Kier molecular flexibility index (Phi) is 6.81. The van der Waals surface area contributed by atoms with E-state index in [1.54, 1.807) is 12.1 Å². The van der Waals surface area contributed by atoms with Gasteiger partial charge < -0.3 is 10.6 Å². The highest BCUT2D eigenvalue weighted by atomic mass is 35.5. The number of benzene rings is 2. The minimum atomic E-state index is -3.32. The van der Waals surface area contributed by atoms with Crippen LogP contribution in [0, 0.1) is 5.92 Å². The van der Waals surface area contributed by atoms with Crippen molar-refractivity contribution >= 4 is 33.0 Å². The number of carbonyl (C=O) groups is 1. The lowest BCUT2D eigenvalue weighted by molar-refractivity contribution is -0.115. The van der Waals surface area contributed by atoms with Crippen LogP contribution in [-0.4, -0.2) is 27.1 Å². The van der Waals surface area contributed by atoms with E-state index in [2.05, 4.69) is 24.5 Å². The molecule has 0 aliphatic rings. The third kappa shape index (κ3) is 5.83. The van der Waals surface area contributed by atoms with Crippen molar-refractivity contribution in [2.75, 3.05) is 18.1 Å². The summed E-state index contributed by atoms with van der Waals surface area (Å²) < 4.78 is 23.2. The second-order valence-corrected chi connectivity index (χ2v) is 8.95. The highest BCUT2D eigenvalue weighted by Gasteiger charge is 2.17. The molecule has 0 aliphatic heterocycles. The number of carbonyl (C=O) groups excluding carboxylic acids is 1. The molecule has 0 spiro atoms. The molecule has 2 aromatic rings. The SMILES string of the molecule is CC(C)[C@H](NCC(=O)Nc1cccc(S(C)(=O)=O)c1)c1ccc(Cl)cc1. The van der Waals surface area contributed by atoms with Gasteiger partial charge in [-0.1, -0.05) is 43.6 Å². The predicted octanol–water partition coefficient (Wildman–Crippen LogP) is 3.67. The van der Waals surface area contributed by atoms with Gasteiger partial charge in [-0.05, 0) is 41.8 Å². The lowest BCUT2D eigenvalue weighted by Gasteiger charge is -2.23. The average Bonchev–Trinajstić information content (AvgIpc) is 2.56. The second-order valence-electron chi connectivity index (χ2n) is 6.50. The fourth-order valence-corrected chi connectivity index (χ4v) is 3.41. The molecule has 1 amide bonds. The fraction of sp³-hybridized carbons (Fsp3) is 0.316. The van der Waals surface area contributed by atoms with E-state index in [-0.39, 0.29) is 29.3 Å². The number of hydrogen-bond donors (Lipinski definition) is 2. The molecule has 0 radical (unpaired) electrons. The zero-order valence-electron chi connectivity index (χ0n) is 15.0. The van der Waals surface area contributed by atoms with Crippen LogP contribution in [-0.2, 0) is 14.6 Å². The maximum Gasteiger partial charge on any atom is 0.238 e. The van der Waals surface area contributed by atoms with E-state index in [1.807, 2.05) is 24.3 Å². The van der Waals surface area contributed by atoms with Crippen molar-refractivity contribution < 1.29 is 13.2 Å². The molecule has 5 nitrogen and oxygen atoms in total. The summed E-state index contributed by atoms with van der Waals surface area (Å²) in [6.45, 7) is 4.24.